The summed E-state index contributed by atoms with van der Waals surface area (Å²) < 4.78 is 24.9. The van der Waals surface area contributed by atoms with Gasteiger partial charge in [0.15, 0.2) is 5.13 Å². The number of benzene rings is 1. The van der Waals surface area contributed by atoms with Crippen LogP contribution in [0.15, 0.2) is 29.6 Å². The van der Waals surface area contributed by atoms with Gasteiger partial charge in [0.1, 0.15) is 0 Å². The zero-order valence-electron chi connectivity index (χ0n) is 17.8. The molecule has 1 aromatic heterocycles. The maximum Gasteiger partial charge on any atom is 0.230 e. The molecule has 8 nitrogen and oxygen atoms in total. The fourth-order valence-corrected chi connectivity index (χ4v) is 5.16. The summed E-state index contributed by atoms with van der Waals surface area (Å²) in [5.74, 6) is -0.575. The van der Waals surface area contributed by atoms with E-state index in [1.165, 1.54) is 34.4 Å². The molecular weight excluding hydrogens is 436 g/mol. The second-order valence-electron chi connectivity index (χ2n) is 7.77. The summed E-state index contributed by atoms with van der Waals surface area (Å²) >= 11 is 1.35. The minimum Gasteiger partial charge on any atom is -0.356 e. The first-order chi connectivity index (χ1) is 14.7. The van der Waals surface area contributed by atoms with E-state index in [9.17, 15) is 18.0 Å². The van der Waals surface area contributed by atoms with E-state index in [-0.39, 0.29) is 24.3 Å². The predicted octanol–water partition coefficient (Wildman–Crippen LogP) is 2.49. The number of amides is 2. The van der Waals surface area contributed by atoms with Gasteiger partial charge in [0.2, 0.25) is 21.8 Å². The number of sulfonamides is 1. The second-order valence-corrected chi connectivity index (χ2v) is 10.6. The van der Waals surface area contributed by atoms with E-state index in [4.69, 9.17) is 0 Å². The number of rotatable bonds is 8. The lowest BCUT2D eigenvalue weighted by Gasteiger charge is -2.29. The zero-order chi connectivity index (χ0) is 22.4. The Morgan fingerprint density at radius 1 is 1.26 bits per heavy atom. The average molecular weight is 465 g/mol. The monoisotopic (exact) mass is 464 g/mol. The number of aromatic nitrogens is 1. The Hall–Kier alpha value is -2.30. The molecule has 1 atom stereocenters. The third-order valence-electron chi connectivity index (χ3n) is 5.22. The van der Waals surface area contributed by atoms with Crippen molar-refractivity contribution in [1.29, 1.82) is 0 Å². The molecular formula is C21H28N4O4S2. The van der Waals surface area contributed by atoms with Crippen molar-refractivity contribution in [2.75, 3.05) is 31.2 Å². The smallest absolute Gasteiger partial charge is 0.230 e. The van der Waals surface area contributed by atoms with Gasteiger partial charge in [-0.2, -0.15) is 0 Å². The highest BCUT2D eigenvalue weighted by Gasteiger charge is 2.30. The number of anilines is 1. The molecule has 0 spiro atoms. The molecule has 2 amide bonds. The quantitative estimate of drug-likeness (QED) is 0.584. The molecule has 0 radical (unpaired) electrons. The van der Waals surface area contributed by atoms with E-state index >= 15 is 0 Å². The molecule has 1 aliphatic rings. The van der Waals surface area contributed by atoms with Crippen molar-refractivity contribution in [2.45, 2.75) is 32.6 Å². The standard InChI is InChI=1S/C21H28N4O4S2/c1-15(26)22-11-3-5-16-7-9-17(10-8-16)19-14-30-21(23-19)24-20(27)18-6-4-12-25(13-18)31(2,28)29/h7-10,14,18H,3-6,11-13H2,1-2H3,(H,22,26)(H,23,24,27). The molecule has 1 aliphatic heterocycles. The Morgan fingerprint density at radius 2 is 2.00 bits per heavy atom. The molecule has 1 aromatic carbocycles. The average Bonchev–Trinajstić information content (AvgIpc) is 3.19. The van der Waals surface area contributed by atoms with E-state index in [0.717, 1.165) is 24.1 Å². The topological polar surface area (TPSA) is 108 Å². The molecule has 10 heteroatoms. The Labute approximate surface area is 187 Å². The van der Waals surface area contributed by atoms with Crippen molar-refractivity contribution in [3.05, 3.63) is 35.2 Å². The molecule has 1 saturated heterocycles. The molecule has 31 heavy (non-hydrogen) atoms. The van der Waals surface area contributed by atoms with Crippen LogP contribution in [0, 0.1) is 5.92 Å². The van der Waals surface area contributed by atoms with Crippen LogP contribution >= 0.6 is 11.3 Å². The fourth-order valence-electron chi connectivity index (χ4n) is 3.53. The van der Waals surface area contributed by atoms with E-state index in [0.29, 0.717) is 31.1 Å². The number of piperidine rings is 1. The molecule has 1 unspecified atom stereocenters. The van der Waals surface area contributed by atoms with Crippen LogP contribution in [0.25, 0.3) is 11.3 Å². The van der Waals surface area contributed by atoms with Gasteiger partial charge in [-0.25, -0.2) is 17.7 Å². The highest BCUT2D eigenvalue weighted by Crippen LogP contribution is 2.27. The number of hydrogen-bond acceptors (Lipinski definition) is 6. The van der Waals surface area contributed by atoms with Crippen LogP contribution in [0.1, 0.15) is 31.7 Å². The van der Waals surface area contributed by atoms with Gasteiger partial charge in [0.05, 0.1) is 17.9 Å². The van der Waals surface area contributed by atoms with Gasteiger partial charge in [0, 0.05) is 37.5 Å². The number of nitrogens with zero attached hydrogens (tertiary/aromatic N) is 2. The van der Waals surface area contributed by atoms with Gasteiger partial charge >= 0.3 is 0 Å². The summed E-state index contributed by atoms with van der Waals surface area (Å²) in [6, 6.07) is 8.09. The highest BCUT2D eigenvalue weighted by molar-refractivity contribution is 7.88. The lowest BCUT2D eigenvalue weighted by atomic mass is 9.99. The number of carbonyl (C=O) groups excluding carboxylic acids is 2. The Balaban J connectivity index is 1.55. The molecule has 168 valence electrons. The summed E-state index contributed by atoms with van der Waals surface area (Å²) in [6.45, 7) is 2.85. The molecule has 0 aliphatic carbocycles. The number of hydrogen-bond donors (Lipinski definition) is 2. The maximum absolute atomic E-state index is 12.6. The lowest BCUT2D eigenvalue weighted by Crippen LogP contribution is -2.43. The summed E-state index contributed by atoms with van der Waals surface area (Å²) in [5.41, 5.74) is 2.93. The largest absolute Gasteiger partial charge is 0.356 e. The van der Waals surface area contributed by atoms with E-state index < -0.39 is 10.0 Å². The Kier molecular flexibility index (Phi) is 7.79. The van der Waals surface area contributed by atoms with Crippen molar-refractivity contribution in [3.63, 3.8) is 0 Å². The fraction of sp³-hybridized carbons (Fsp3) is 0.476. The molecule has 0 saturated carbocycles. The number of carbonyl (C=O) groups is 2. The molecule has 3 rings (SSSR count). The van der Waals surface area contributed by atoms with Crippen LogP contribution in [0.3, 0.4) is 0 Å². The van der Waals surface area contributed by atoms with Crippen molar-refractivity contribution in [2.24, 2.45) is 5.92 Å². The molecule has 2 N–H and O–H groups in total. The van der Waals surface area contributed by atoms with Crippen LogP contribution in [-0.2, 0) is 26.0 Å². The third-order valence-corrected chi connectivity index (χ3v) is 7.25. The molecule has 1 fully saturated rings. The highest BCUT2D eigenvalue weighted by atomic mass is 32.2. The number of aryl methyl sites for hydroxylation is 1. The van der Waals surface area contributed by atoms with E-state index in [1.807, 2.05) is 29.6 Å². The maximum atomic E-state index is 12.6. The van der Waals surface area contributed by atoms with Crippen LogP contribution < -0.4 is 10.6 Å². The predicted molar refractivity (Wildman–Crippen MR) is 122 cm³/mol. The van der Waals surface area contributed by atoms with Crippen LogP contribution in [0.4, 0.5) is 5.13 Å². The first-order valence-electron chi connectivity index (χ1n) is 10.3. The first-order valence-corrected chi connectivity index (χ1v) is 13.0. The van der Waals surface area contributed by atoms with Crippen molar-refractivity contribution < 1.29 is 18.0 Å². The van der Waals surface area contributed by atoms with Gasteiger partial charge in [0.25, 0.3) is 0 Å². The summed E-state index contributed by atoms with van der Waals surface area (Å²) in [6.07, 6.45) is 4.27. The van der Waals surface area contributed by atoms with Crippen LogP contribution in [-0.4, -0.2) is 55.4 Å². The normalized spacial score (nSPS) is 17.3. The van der Waals surface area contributed by atoms with Crippen molar-refractivity contribution in [3.8, 4) is 11.3 Å². The minimum absolute atomic E-state index is 0.0158. The van der Waals surface area contributed by atoms with E-state index in [1.54, 1.807) is 0 Å². The summed E-state index contributed by atoms with van der Waals surface area (Å²) in [7, 11) is -3.29. The van der Waals surface area contributed by atoms with Gasteiger partial charge in [-0.1, -0.05) is 24.3 Å². The molecule has 2 aromatic rings. The van der Waals surface area contributed by atoms with Gasteiger partial charge < -0.3 is 10.6 Å². The van der Waals surface area contributed by atoms with Gasteiger partial charge in [-0.3, -0.25) is 9.59 Å². The zero-order valence-corrected chi connectivity index (χ0v) is 19.4. The van der Waals surface area contributed by atoms with Crippen molar-refractivity contribution in [1.82, 2.24) is 14.6 Å². The van der Waals surface area contributed by atoms with Gasteiger partial charge in [-0.05, 0) is 31.2 Å². The summed E-state index contributed by atoms with van der Waals surface area (Å²) in [4.78, 5) is 28.0. The Morgan fingerprint density at radius 3 is 2.68 bits per heavy atom. The minimum atomic E-state index is -3.29. The third kappa shape index (κ3) is 6.84. The summed E-state index contributed by atoms with van der Waals surface area (Å²) in [5, 5.41) is 8.04. The van der Waals surface area contributed by atoms with E-state index in [2.05, 4.69) is 15.6 Å². The lowest BCUT2D eigenvalue weighted by molar-refractivity contribution is -0.121. The molecule has 2 heterocycles. The second kappa shape index (κ2) is 10.3. The Bertz CT molecular complexity index is 1020. The van der Waals surface area contributed by atoms with Crippen molar-refractivity contribution >= 4 is 38.3 Å². The van der Waals surface area contributed by atoms with Crippen LogP contribution in [0.2, 0.25) is 0 Å². The number of nitrogens with one attached hydrogen (secondary N) is 2. The van der Waals surface area contributed by atoms with Gasteiger partial charge in [-0.15, -0.1) is 11.3 Å². The molecule has 0 bridgehead atoms. The first kappa shape index (κ1) is 23.4. The number of thiazole rings is 1. The SMILES string of the molecule is CC(=O)NCCCc1ccc(-c2csc(NC(=O)C3CCCN(S(C)(=O)=O)C3)n2)cc1. The van der Waals surface area contributed by atoms with Crippen LogP contribution in [0.5, 0.6) is 0 Å².